The molecule has 0 aromatic heterocycles. The first-order valence-corrected chi connectivity index (χ1v) is 6.29. The second-order valence-electron chi connectivity index (χ2n) is 4.59. The van der Waals surface area contributed by atoms with Crippen molar-refractivity contribution in [3.63, 3.8) is 0 Å². The summed E-state index contributed by atoms with van der Waals surface area (Å²) in [7, 11) is 0. The van der Waals surface area contributed by atoms with Gasteiger partial charge in [0.2, 0.25) is 11.8 Å². The summed E-state index contributed by atoms with van der Waals surface area (Å²) in [5, 5.41) is 11.6. The smallest absolute Gasteiger partial charge is 0.326 e. The summed E-state index contributed by atoms with van der Waals surface area (Å²) in [5.41, 5.74) is 0. The van der Waals surface area contributed by atoms with E-state index in [2.05, 4.69) is 5.32 Å². The fourth-order valence-corrected chi connectivity index (χ4v) is 1.94. The van der Waals surface area contributed by atoms with Gasteiger partial charge in [0.05, 0.1) is 12.5 Å². The Balaban J connectivity index is 2.64. The van der Waals surface area contributed by atoms with E-state index in [1.54, 1.807) is 0 Å². The molecule has 19 heavy (non-hydrogen) atoms. The van der Waals surface area contributed by atoms with Gasteiger partial charge in [-0.05, 0) is 13.3 Å². The monoisotopic (exact) mass is 272 g/mol. The Hall–Kier alpha value is -1.63. The van der Waals surface area contributed by atoms with E-state index in [0.717, 1.165) is 0 Å². The Morgan fingerprint density at radius 1 is 1.47 bits per heavy atom. The molecule has 1 fully saturated rings. The Labute approximate surface area is 111 Å². The van der Waals surface area contributed by atoms with Gasteiger partial charge in [0.25, 0.3) is 0 Å². The number of amides is 2. The van der Waals surface area contributed by atoms with Crippen LogP contribution in [0.5, 0.6) is 0 Å². The highest BCUT2D eigenvalue weighted by Gasteiger charge is 2.32. The van der Waals surface area contributed by atoms with Crippen LogP contribution in [0.4, 0.5) is 0 Å². The Morgan fingerprint density at radius 2 is 2.16 bits per heavy atom. The third kappa shape index (κ3) is 4.51. The number of carbonyl (C=O) groups is 3. The minimum absolute atomic E-state index is 0.183. The highest BCUT2D eigenvalue weighted by atomic mass is 16.5. The molecule has 108 valence electrons. The van der Waals surface area contributed by atoms with Gasteiger partial charge in [-0.15, -0.1) is 0 Å². The number of nitrogens with zero attached hydrogens (tertiary/aromatic N) is 1. The Kier molecular flexibility index (Phi) is 5.75. The maximum Gasteiger partial charge on any atom is 0.326 e. The molecule has 1 aliphatic heterocycles. The molecule has 0 bridgehead atoms. The van der Waals surface area contributed by atoms with Crippen LogP contribution >= 0.6 is 0 Å². The van der Waals surface area contributed by atoms with Crippen LogP contribution in [0.25, 0.3) is 0 Å². The van der Waals surface area contributed by atoms with Crippen LogP contribution < -0.4 is 5.32 Å². The predicted molar refractivity (Wildman–Crippen MR) is 66.4 cm³/mol. The summed E-state index contributed by atoms with van der Waals surface area (Å²) >= 11 is 0. The molecule has 0 aromatic rings. The van der Waals surface area contributed by atoms with Crippen LogP contribution in [0.3, 0.4) is 0 Å². The van der Waals surface area contributed by atoms with Gasteiger partial charge in [0, 0.05) is 26.6 Å². The molecule has 1 aliphatic rings. The molecule has 2 amide bonds. The highest BCUT2D eigenvalue weighted by molar-refractivity contribution is 5.85. The summed E-state index contributed by atoms with van der Waals surface area (Å²) < 4.78 is 5.15. The van der Waals surface area contributed by atoms with E-state index in [4.69, 9.17) is 9.84 Å². The fraction of sp³-hybridized carbons (Fsp3) is 0.750. The molecular weight excluding hydrogens is 252 g/mol. The second-order valence-corrected chi connectivity index (χ2v) is 4.59. The molecule has 2 N–H and O–H groups in total. The van der Waals surface area contributed by atoms with E-state index >= 15 is 0 Å². The first-order chi connectivity index (χ1) is 8.93. The number of carboxylic acids is 1. The minimum atomic E-state index is -1.06. The summed E-state index contributed by atoms with van der Waals surface area (Å²) in [6.45, 7) is 4.12. The van der Waals surface area contributed by atoms with Crippen molar-refractivity contribution in [1.29, 1.82) is 0 Å². The van der Waals surface area contributed by atoms with E-state index in [1.807, 2.05) is 0 Å². The van der Waals surface area contributed by atoms with Gasteiger partial charge in [0.1, 0.15) is 6.04 Å². The lowest BCUT2D eigenvalue weighted by molar-refractivity contribution is -0.151. The third-order valence-electron chi connectivity index (χ3n) is 3.11. The largest absolute Gasteiger partial charge is 0.480 e. The van der Waals surface area contributed by atoms with Crippen LogP contribution in [-0.4, -0.2) is 60.1 Å². The number of nitrogens with one attached hydrogen (secondary N) is 1. The molecule has 0 aliphatic carbocycles. The van der Waals surface area contributed by atoms with Crippen molar-refractivity contribution in [1.82, 2.24) is 10.2 Å². The van der Waals surface area contributed by atoms with E-state index in [1.165, 1.54) is 18.7 Å². The molecule has 1 saturated heterocycles. The van der Waals surface area contributed by atoms with Gasteiger partial charge in [-0.1, -0.05) is 0 Å². The van der Waals surface area contributed by atoms with Gasteiger partial charge in [-0.2, -0.15) is 0 Å². The lowest BCUT2D eigenvalue weighted by Gasteiger charge is -2.28. The van der Waals surface area contributed by atoms with Gasteiger partial charge in [-0.25, -0.2) is 4.79 Å². The number of carboxylic acid groups (broad SMARTS) is 1. The maximum atomic E-state index is 12.2. The van der Waals surface area contributed by atoms with Gasteiger partial charge < -0.3 is 20.1 Å². The first-order valence-electron chi connectivity index (χ1n) is 6.29. The summed E-state index contributed by atoms with van der Waals surface area (Å²) in [6.07, 6.45) is 0.613. The van der Waals surface area contributed by atoms with Gasteiger partial charge in [0.15, 0.2) is 0 Å². The number of aliphatic carboxylic acids is 1. The zero-order valence-corrected chi connectivity index (χ0v) is 11.2. The molecule has 2 unspecified atom stereocenters. The standard InChI is InChI=1S/C12H20N2O5/c1-8(12(17)18)14(5-4-13-9(2)15)11(16)10-3-6-19-7-10/h8,10H,3-7H2,1-2H3,(H,13,15)(H,17,18). The molecular formula is C12H20N2O5. The highest BCUT2D eigenvalue weighted by Crippen LogP contribution is 2.17. The summed E-state index contributed by atoms with van der Waals surface area (Å²) in [5.74, 6) is -1.77. The molecule has 2 atom stereocenters. The molecule has 0 spiro atoms. The molecule has 1 heterocycles. The molecule has 1 rings (SSSR count). The fourth-order valence-electron chi connectivity index (χ4n) is 1.94. The Bertz CT molecular complexity index is 352. The van der Waals surface area contributed by atoms with Crippen LogP contribution in [0, 0.1) is 5.92 Å². The van der Waals surface area contributed by atoms with Crippen LogP contribution in [0.15, 0.2) is 0 Å². The lowest BCUT2D eigenvalue weighted by atomic mass is 10.1. The average Bonchev–Trinajstić information content (AvgIpc) is 2.86. The molecule has 7 heteroatoms. The topological polar surface area (TPSA) is 95.9 Å². The number of rotatable bonds is 6. The molecule has 0 saturated carbocycles. The third-order valence-corrected chi connectivity index (χ3v) is 3.11. The zero-order valence-electron chi connectivity index (χ0n) is 11.2. The summed E-state index contributed by atoms with van der Waals surface area (Å²) in [4.78, 5) is 35.4. The number of hydrogen-bond donors (Lipinski definition) is 2. The lowest BCUT2D eigenvalue weighted by Crippen LogP contribution is -2.49. The molecule has 0 radical (unpaired) electrons. The van der Waals surface area contributed by atoms with Crippen molar-refractivity contribution in [2.75, 3.05) is 26.3 Å². The number of hydrogen-bond acceptors (Lipinski definition) is 4. The second kappa shape index (κ2) is 7.08. The van der Waals surface area contributed by atoms with Gasteiger partial charge in [-0.3, -0.25) is 9.59 Å². The van der Waals surface area contributed by atoms with Crippen molar-refractivity contribution in [2.45, 2.75) is 26.3 Å². The normalized spacial score (nSPS) is 19.8. The van der Waals surface area contributed by atoms with Crippen molar-refractivity contribution in [3.05, 3.63) is 0 Å². The summed E-state index contributed by atoms with van der Waals surface area (Å²) in [6, 6.07) is -0.915. The van der Waals surface area contributed by atoms with E-state index in [9.17, 15) is 14.4 Å². The molecule has 7 nitrogen and oxygen atoms in total. The van der Waals surface area contributed by atoms with Crippen molar-refractivity contribution in [3.8, 4) is 0 Å². The van der Waals surface area contributed by atoms with Gasteiger partial charge >= 0.3 is 5.97 Å². The van der Waals surface area contributed by atoms with E-state index in [0.29, 0.717) is 19.6 Å². The first kappa shape index (κ1) is 15.4. The van der Waals surface area contributed by atoms with Crippen molar-refractivity contribution >= 4 is 17.8 Å². The number of ether oxygens (including phenoxy) is 1. The van der Waals surface area contributed by atoms with Crippen molar-refractivity contribution in [2.24, 2.45) is 5.92 Å². The van der Waals surface area contributed by atoms with Crippen LogP contribution in [0.2, 0.25) is 0 Å². The van der Waals surface area contributed by atoms with Crippen LogP contribution in [0.1, 0.15) is 20.3 Å². The zero-order chi connectivity index (χ0) is 14.4. The van der Waals surface area contributed by atoms with E-state index in [-0.39, 0.29) is 30.8 Å². The molecule has 0 aromatic carbocycles. The average molecular weight is 272 g/mol. The number of carbonyl (C=O) groups excluding carboxylic acids is 2. The predicted octanol–water partition coefficient (Wildman–Crippen LogP) is -0.539. The Morgan fingerprint density at radius 3 is 2.63 bits per heavy atom. The quantitative estimate of drug-likeness (QED) is 0.677. The van der Waals surface area contributed by atoms with Crippen LogP contribution in [-0.2, 0) is 19.1 Å². The van der Waals surface area contributed by atoms with E-state index < -0.39 is 12.0 Å². The maximum absolute atomic E-state index is 12.2. The minimum Gasteiger partial charge on any atom is -0.480 e. The SMILES string of the molecule is CC(=O)NCCN(C(=O)C1CCOC1)C(C)C(=O)O. The van der Waals surface area contributed by atoms with Crippen molar-refractivity contribution < 1.29 is 24.2 Å².